The van der Waals surface area contributed by atoms with Gasteiger partial charge in [-0.2, -0.15) is 0 Å². The Bertz CT molecular complexity index is 657. The Balaban J connectivity index is 1.74. The number of ether oxygens (including phenoxy) is 1. The van der Waals surface area contributed by atoms with Gasteiger partial charge in [-0.25, -0.2) is 4.79 Å². The van der Waals surface area contributed by atoms with Gasteiger partial charge in [0.25, 0.3) is 5.91 Å². The molecule has 0 aliphatic carbocycles. The molecule has 0 saturated carbocycles. The number of benzene rings is 1. The summed E-state index contributed by atoms with van der Waals surface area (Å²) in [6.45, 7) is 2.13. The average Bonchev–Trinajstić information content (AvgIpc) is 3.04. The number of rotatable bonds is 2. The van der Waals surface area contributed by atoms with Crippen molar-refractivity contribution in [2.24, 2.45) is 0 Å². The van der Waals surface area contributed by atoms with Gasteiger partial charge in [0, 0.05) is 45.0 Å². The maximum absolute atomic E-state index is 13.1. The van der Waals surface area contributed by atoms with Crippen molar-refractivity contribution in [3.05, 3.63) is 29.8 Å². The second-order valence-electron chi connectivity index (χ2n) is 6.65. The Hall–Kier alpha value is -1.89. The number of carbonyl (C=O) groups excluding carboxylic acids is 2. The standard InChI is InChI=1S/C18H25N3O3S/c1-19(2)17(23)20-9-7-18(8-10-20)21(11-12-25-18)16(22)14-5-4-6-15(13-14)24-3/h4-6,13H,7-12H2,1-3H3. The van der Waals surface area contributed by atoms with Crippen molar-refractivity contribution in [3.8, 4) is 5.75 Å². The summed E-state index contributed by atoms with van der Waals surface area (Å²) in [5, 5.41) is 0. The van der Waals surface area contributed by atoms with Crippen LogP contribution in [0.4, 0.5) is 4.79 Å². The van der Waals surface area contributed by atoms with Crippen LogP contribution >= 0.6 is 11.8 Å². The lowest BCUT2D eigenvalue weighted by molar-refractivity contribution is 0.0569. The molecule has 2 heterocycles. The van der Waals surface area contributed by atoms with Crippen molar-refractivity contribution in [2.45, 2.75) is 17.7 Å². The van der Waals surface area contributed by atoms with E-state index in [1.165, 1.54) is 0 Å². The number of nitrogens with zero attached hydrogens (tertiary/aromatic N) is 3. The monoisotopic (exact) mass is 363 g/mol. The summed E-state index contributed by atoms with van der Waals surface area (Å²) in [7, 11) is 5.15. The molecular weight excluding hydrogens is 338 g/mol. The van der Waals surface area contributed by atoms with Crippen molar-refractivity contribution in [1.82, 2.24) is 14.7 Å². The molecule has 3 amide bonds. The predicted octanol–water partition coefficient (Wildman–Crippen LogP) is 2.36. The van der Waals surface area contributed by atoms with Gasteiger partial charge in [-0.15, -0.1) is 11.8 Å². The quantitative estimate of drug-likeness (QED) is 0.809. The summed E-state index contributed by atoms with van der Waals surface area (Å²) >= 11 is 1.85. The first-order valence-electron chi connectivity index (χ1n) is 8.53. The highest BCUT2D eigenvalue weighted by Gasteiger charge is 2.47. The minimum absolute atomic E-state index is 0.0449. The van der Waals surface area contributed by atoms with Crippen molar-refractivity contribution < 1.29 is 14.3 Å². The Kier molecular flexibility index (Phi) is 5.13. The first-order valence-corrected chi connectivity index (χ1v) is 9.52. The largest absolute Gasteiger partial charge is 0.497 e. The molecule has 136 valence electrons. The van der Waals surface area contributed by atoms with Gasteiger partial charge in [0.2, 0.25) is 0 Å². The minimum atomic E-state index is -0.191. The van der Waals surface area contributed by atoms with E-state index < -0.39 is 0 Å². The molecule has 1 aromatic rings. The molecule has 0 bridgehead atoms. The fraction of sp³-hybridized carbons (Fsp3) is 0.556. The molecule has 0 atom stereocenters. The fourth-order valence-corrected chi connectivity index (χ4v) is 5.01. The van der Waals surface area contributed by atoms with E-state index in [2.05, 4.69) is 0 Å². The van der Waals surface area contributed by atoms with E-state index in [4.69, 9.17) is 4.74 Å². The number of hydrogen-bond acceptors (Lipinski definition) is 4. The van der Waals surface area contributed by atoms with E-state index in [1.807, 2.05) is 39.8 Å². The number of amides is 3. The average molecular weight is 363 g/mol. The van der Waals surface area contributed by atoms with E-state index >= 15 is 0 Å². The molecule has 0 unspecified atom stereocenters. The maximum Gasteiger partial charge on any atom is 0.319 e. The van der Waals surface area contributed by atoms with Crippen LogP contribution in [0.3, 0.4) is 0 Å². The predicted molar refractivity (Wildman–Crippen MR) is 99.1 cm³/mol. The third-order valence-electron chi connectivity index (χ3n) is 4.94. The normalized spacial score (nSPS) is 19.2. The van der Waals surface area contributed by atoms with E-state index in [0.29, 0.717) is 24.4 Å². The molecule has 2 saturated heterocycles. The van der Waals surface area contributed by atoms with Crippen LogP contribution in [0.5, 0.6) is 5.75 Å². The van der Waals surface area contributed by atoms with Gasteiger partial charge >= 0.3 is 6.03 Å². The number of hydrogen-bond donors (Lipinski definition) is 0. The summed E-state index contributed by atoms with van der Waals surface area (Å²) in [6.07, 6.45) is 1.62. The van der Waals surface area contributed by atoms with Crippen LogP contribution in [0.2, 0.25) is 0 Å². The number of urea groups is 1. The van der Waals surface area contributed by atoms with Crippen molar-refractivity contribution in [2.75, 3.05) is 46.6 Å². The Morgan fingerprint density at radius 1 is 1.20 bits per heavy atom. The van der Waals surface area contributed by atoms with E-state index in [1.54, 1.807) is 32.2 Å². The zero-order chi connectivity index (χ0) is 18.0. The lowest BCUT2D eigenvalue weighted by Crippen LogP contribution is -2.54. The first-order chi connectivity index (χ1) is 12.0. The van der Waals surface area contributed by atoms with Crippen LogP contribution in [-0.4, -0.2) is 78.1 Å². The number of thioether (sulfide) groups is 1. The van der Waals surface area contributed by atoms with Crippen LogP contribution in [0.15, 0.2) is 24.3 Å². The lowest BCUT2D eigenvalue weighted by atomic mass is 10.0. The molecule has 1 spiro atoms. The second kappa shape index (κ2) is 7.15. The van der Waals surface area contributed by atoms with E-state index in [0.717, 1.165) is 25.1 Å². The van der Waals surface area contributed by atoms with Gasteiger partial charge in [0.05, 0.1) is 12.0 Å². The molecule has 1 aromatic carbocycles. The molecule has 2 aliphatic rings. The fourth-order valence-electron chi connectivity index (χ4n) is 3.55. The third-order valence-corrected chi connectivity index (χ3v) is 6.49. The van der Waals surface area contributed by atoms with E-state index in [-0.39, 0.29) is 16.8 Å². The molecule has 0 aromatic heterocycles. The molecule has 2 aliphatic heterocycles. The Morgan fingerprint density at radius 2 is 1.92 bits per heavy atom. The first kappa shape index (κ1) is 17.9. The third kappa shape index (κ3) is 3.42. The summed E-state index contributed by atoms with van der Waals surface area (Å²) in [4.78, 5) is 30.5. The molecule has 25 heavy (non-hydrogen) atoms. The number of carbonyl (C=O) groups is 2. The van der Waals surface area contributed by atoms with Gasteiger partial charge < -0.3 is 19.4 Å². The Labute approximate surface area is 153 Å². The number of piperidine rings is 1. The van der Waals surface area contributed by atoms with Gasteiger partial charge in [0.1, 0.15) is 5.75 Å². The molecule has 2 fully saturated rings. The summed E-state index contributed by atoms with van der Waals surface area (Å²) < 4.78 is 5.24. The zero-order valence-electron chi connectivity index (χ0n) is 15.0. The van der Waals surface area contributed by atoms with Crippen molar-refractivity contribution in [1.29, 1.82) is 0 Å². The van der Waals surface area contributed by atoms with E-state index in [9.17, 15) is 9.59 Å². The topological polar surface area (TPSA) is 53.1 Å². The molecular formula is C18H25N3O3S. The van der Waals surface area contributed by atoms with Gasteiger partial charge in [-0.1, -0.05) is 6.07 Å². The zero-order valence-corrected chi connectivity index (χ0v) is 15.8. The van der Waals surface area contributed by atoms with Crippen LogP contribution < -0.4 is 4.74 Å². The molecule has 0 radical (unpaired) electrons. The van der Waals surface area contributed by atoms with Gasteiger partial charge in [-0.05, 0) is 31.0 Å². The summed E-state index contributed by atoms with van der Waals surface area (Å²) in [5.74, 6) is 1.69. The second-order valence-corrected chi connectivity index (χ2v) is 8.10. The number of likely N-dealkylation sites (tertiary alicyclic amines) is 1. The molecule has 0 N–H and O–H groups in total. The summed E-state index contributed by atoms with van der Waals surface area (Å²) in [5.41, 5.74) is 0.660. The van der Waals surface area contributed by atoms with Crippen molar-refractivity contribution >= 4 is 23.7 Å². The molecule has 7 heteroatoms. The van der Waals surface area contributed by atoms with Crippen LogP contribution in [0.25, 0.3) is 0 Å². The summed E-state index contributed by atoms with van der Waals surface area (Å²) in [6, 6.07) is 7.37. The lowest BCUT2D eigenvalue weighted by Gasteiger charge is -2.44. The SMILES string of the molecule is COc1cccc(C(=O)N2CCSC23CCN(C(=O)N(C)C)CC3)c1. The minimum Gasteiger partial charge on any atom is -0.497 e. The smallest absolute Gasteiger partial charge is 0.319 e. The van der Waals surface area contributed by atoms with Gasteiger partial charge in [-0.3, -0.25) is 4.79 Å². The Morgan fingerprint density at radius 3 is 2.56 bits per heavy atom. The highest BCUT2D eigenvalue weighted by molar-refractivity contribution is 8.00. The highest BCUT2D eigenvalue weighted by Crippen LogP contribution is 2.44. The van der Waals surface area contributed by atoms with Crippen LogP contribution in [0.1, 0.15) is 23.2 Å². The molecule has 3 rings (SSSR count). The van der Waals surface area contributed by atoms with Crippen LogP contribution in [0, 0.1) is 0 Å². The molecule has 6 nitrogen and oxygen atoms in total. The van der Waals surface area contributed by atoms with Crippen LogP contribution in [-0.2, 0) is 0 Å². The van der Waals surface area contributed by atoms with Crippen molar-refractivity contribution in [3.63, 3.8) is 0 Å². The maximum atomic E-state index is 13.1. The highest BCUT2D eigenvalue weighted by atomic mass is 32.2. The van der Waals surface area contributed by atoms with Gasteiger partial charge in [0.15, 0.2) is 0 Å². The number of methoxy groups -OCH3 is 1.